The Morgan fingerprint density at radius 2 is 2.27 bits per heavy atom. The first kappa shape index (κ1) is 11.8. The number of hydrogen-bond acceptors (Lipinski definition) is 3. The van der Waals surface area contributed by atoms with Gasteiger partial charge < -0.3 is 9.47 Å². The summed E-state index contributed by atoms with van der Waals surface area (Å²) in [6.07, 6.45) is -0.488. The minimum absolute atomic E-state index is 0.338. The molecule has 5 heteroatoms. The number of benzene rings is 1. The van der Waals surface area contributed by atoms with E-state index in [1.165, 1.54) is 7.11 Å². The lowest BCUT2D eigenvalue weighted by molar-refractivity contribution is 0.168. The number of ether oxygens (including phenoxy) is 2. The molecule has 82 valence electrons. The van der Waals surface area contributed by atoms with E-state index in [9.17, 15) is 4.79 Å². The van der Waals surface area contributed by atoms with Gasteiger partial charge in [0.15, 0.2) is 0 Å². The first-order chi connectivity index (χ1) is 7.17. The summed E-state index contributed by atoms with van der Waals surface area (Å²) in [5.41, 5.74) is 0.583. The van der Waals surface area contributed by atoms with Crippen LogP contribution in [0.15, 0.2) is 22.7 Å². The summed E-state index contributed by atoms with van der Waals surface area (Å²) in [6.45, 7) is 2.09. The Morgan fingerprint density at radius 1 is 1.53 bits per heavy atom. The average molecular weight is 274 g/mol. The maximum absolute atomic E-state index is 11.2. The smallest absolute Gasteiger partial charge is 0.411 e. The van der Waals surface area contributed by atoms with Crippen molar-refractivity contribution in [2.24, 2.45) is 0 Å². The molecule has 0 aliphatic rings. The Labute approximate surface area is 96.7 Å². The van der Waals surface area contributed by atoms with Crippen LogP contribution in [-0.4, -0.2) is 19.8 Å². The van der Waals surface area contributed by atoms with Crippen LogP contribution in [0.4, 0.5) is 10.5 Å². The first-order valence-electron chi connectivity index (χ1n) is 4.44. The number of halogens is 1. The van der Waals surface area contributed by atoms with E-state index in [1.807, 2.05) is 6.07 Å². The summed E-state index contributed by atoms with van der Waals surface area (Å²) in [4.78, 5) is 11.2. The Balaban J connectivity index is 2.80. The van der Waals surface area contributed by atoms with E-state index in [1.54, 1.807) is 19.1 Å². The zero-order valence-electron chi connectivity index (χ0n) is 8.54. The maximum atomic E-state index is 11.2. The highest BCUT2D eigenvalue weighted by atomic mass is 79.9. The van der Waals surface area contributed by atoms with Gasteiger partial charge in [0.05, 0.1) is 19.4 Å². The van der Waals surface area contributed by atoms with Crippen molar-refractivity contribution in [3.8, 4) is 5.75 Å². The van der Waals surface area contributed by atoms with Gasteiger partial charge in [0.25, 0.3) is 0 Å². The molecular weight excluding hydrogens is 262 g/mol. The van der Waals surface area contributed by atoms with Gasteiger partial charge in [0.1, 0.15) is 5.75 Å². The van der Waals surface area contributed by atoms with E-state index in [-0.39, 0.29) is 0 Å². The molecule has 0 fully saturated rings. The second kappa shape index (κ2) is 5.60. The first-order valence-corrected chi connectivity index (χ1v) is 5.24. The Hall–Kier alpha value is -1.23. The number of amides is 1. The topological polar surface area (TPSA) is 47.6 Å². The molecule has 0 unspecified atom stereocenters. The van der Waals surface area contributed by atoms with Crippen LogP contribution in [0.25, 0.3) is 0 Å². The molecule has 0 radical (unpaired) electrons. The number of hydrogen-bond donors (Lipinski definition) is 1. The van der Waals surface area contributed by atoms with Gasteiger partial charge in [-0.3, -0.25) is 5.32 Å². The fourth-order valence-corrected chi connectivity index (χ4v) is 1.39. The molecule has 4 nitrogen and oxygen atoms in total. The van der Waals surface area contributed by atoms with Gasteiger partial charge in [-0.05, 0) is 25.1 Å². The number of rotatable bonds is 3. The molecule has 15 heavy (non-hydrogen) atoms. The summed E-state index contributed by atoms with van der Waals surface area (Å²) >= 11 is 3.31. The van der Waals surface area contributed by atoms with Crippen LogP contribution < -0.4 is 10.1 Å². The Morgan fingerprint density at radius 3 is 2.87 bits per heavy atom. The third-order valence-electron chi connectivity index (χ3n) is 1.68. The summed E-state index contributed by atoms with van der Waals surface area (Å²) < 4.78 is 10.7. The molecule has 1 aromatic carbocycles. The van der Waals surface area contributed by atoms with Crippen LogP contribution in [0.5, 0.6) is 5.75 Å². The Bertz CT molecular complexity index is 355. The molecular formula is C10H12BrNO3. The molecule has 0 saturated heterocycles. The molecule has 0 spiro atoms. The second-order valence-corrected chi connectivity index (χ2v) is 3.61. The van der Waals surface area contributed by atoms with Crippen molar-refractivity contribution < 1.29 is 14.3 Å². The van der Waals surface area contributed by atoms with Gasteiger partial charge >= 0.3 is 6.09 Å². The van der Waals surface area contributed by atoms with E-state index in [4.69, 9.17) is 9.47 Å². The van der Waals surface area contributed by atoms with Gasteiger partial charge in [0.2, 0.25) is 0 Å². The number of nitrogens with one attached hydrogen (secondary N) is 1. The van der Waals surface area contributed by atoms with Crippen LogP contribution in [0.3, 0.4) is 0 Å². The highest BCUT2D eigenvalue weighted by Gasteiger charge is 2.07. The van der Waals surface area contributed by atoms with Gasteiger partial charge in [-0.25, -0.2) is 4.79 Å². The molecule has 0 saturated carbocycles. The highest BCUT2D eigenvalue weighted by molar-refractivity contribution is 9.10. The molecule has 1 N–H and O–H groups in total. The monoisotopic (exact) mass is 273 g/mol. The lowest BCUT2D eigenvalue weighted by Crippen LogP contribution is -2.13. The standard InChI is InChI=1S/C10H12BrNO3/c1-3-15-10(13)12-8-5-4-7(11)6-9(8)14-2/h4-6H,3H2,1-2H3,(H,12,13). The lowest BCUT2D eigenvalue weighted by atomic mass is 10.3. The zero-order chi connectivity index (χ0) is 11.3. The predicted molar refractivity (Wildman–Crippen MR) is 61.3 cm³/mol. The average Bonchev–Trinajstić information content (AvgIpc) is 2.21. The second-order valence-electron chi connectivity index (χ2n) is 2.69. The molecule has 0 aliphatic carbocycles. The summed E-state index contributed by atoms with van der Waals surface area (Å²) in [5, 5.41) is 2.58. The van der Waals surface area contributed by atoms with Crippen molar-refractivity contribution in [2.75, 3.05) is 19.0 Å². The third-order valence-corrected chi connectivity index (χ3v) is 2.17. The number of carbonyl (C=O) groups excluding carboxylic acids is 1. The van der Waals surface area contributed by atoms with Gasteiger partial charge in [-0.15, -0.1) is 0 Å². The molecule has 0 aliphatic heterocycles. The van der Waals surface area contributed by atoms with Crippen molar-refractivity contribution in [2.45, 2.75) is 6.92 Å². The molecule has 0 bridgehead atoms. The van der Waals surface area contributed by atoms with Crippen molar-refractivity contribution in [3.05, 3.63) is 22.7 Å². The Kier molecular flexibility index (Phi) is 4.42. The number of anilines is 1. The van der Waals surface area contributed by atoms with Crippen molar-refractivity contribution in [3.63, 3.8) is 0 Å². The van der Waals surface area contributed by atoms with Crippen molar-refractivity contribution in [1.29, 1.82) is 0 Å². The van der Waals surface area contributed by atoms with Crippen LogP contribution in [0.2, 0.25) is 0 Å². The molecule has 0 atom stereocenters. The molecule has 1 aromatic rings. The van der Waals surface area contributed by atoms with Crippen LogP contribution >= 0.6 is 15.9 Å². The number of methoxy groups -OCH3 is 1. The fourth-order valence-electron chi connectivity index (χ4n) is 1.05. The van der Waals surface area contributed by atoms with Crippen molar-refractivity contribution in [1.82, 2.24) is 0 Å². The van der Waals surface area contributed by atoms with Crippen LogP contribution in [0.1, 0.15) is 6.92 Å². The zero-order valence-corrected chi connectivity index (χ0v) is 10.1. The van der Waals surface area contributed by atoms with E-state index in [0.29, 0.717) is 18.0 Å². The van der Waals surface area contributed by atoms with Gasteiger partial charge in [-0.1, -0.05) is 15.9 Å². The van der Waals surface area contributed by atoms with Crippen LogP contribution in [0, 0.1) is 0 Å². The van der Waals surface area contributed by atoms with E-state index >= 15 is 0 Å². The largest absolute Gasteiger partial charge is 0.495 e. The molecule has 0 aromatic heterocycles. The minimum atomic E-state index is -0.488. The minimum Gasteiger partial charge on any atom is -0.495 e. The SMILES string of the molecule is CCOC(=O)Nc1ccc(Br)cc1OC. The summed E-state index contributed by atoms with van der Waals surface area (Å²) in [5.74, 6) is 0.581. The predicted octanol–water partition coefficient (Wildman–Crippen LogP) is 3.03. The maximum Gasteiger partial charge on any atom is 0.411 e. The fraction of sp³-hybridized carbons (Fsp3) is 0.300. The van der Waals surface area contributed by atoms with Crippen LogP contribution in [-0.2, 0) is 4.74 Å². The number of carbonyl (C=O) groups is 1. The normalized spacial score (nSPS) is 9.53. The van der Waals surface area contributed by atoms with E-state index in [2.05, 4.69) is 21.2 Å². The van der Waals surface area contributed by atoms with Gasteiger partial charge in [-0.2, -0.15) is 0 Å². The van der Waals surface area contributed by atoms with Crippen molar-refractivity contribution >= 4 is 27.7 Å². The van der Waals surface area contributed by atoms with Gasteiger partial charge in [0, 0.05) is 4.47 Å². The summed E-state index contributed by atoms with van der Waals surface area (Å²) in [7, 11) is 1.54. The molecule has 0 heterocycles. The lowest BCUT2D eigenvalue weighted by Gasteiger charge is -2.09. The quantitative estimate of drug-likeness (QED) is 0.921. The summed E-state index contributed by atoms with van der Waals surface area (Å²) in [6, 6.07) is 5.31. The van der Waals surface area contributed by atoms with E-state index in [0.717, 1.165) is 4.47 Å². The molecule has 1 rings (SSSR count). The third kappa shape index (κ3) is 3.43. The van der Waals surface area contributed by atoms with E-state index < -0.39 is 6.09 Å². The highest BCUT2D eigenvalue weighted by Crippen LogP contribution is 2.27. The molecule has 1 amide bonds.